The predicted octanol–water partition coefficient (Wildman–Crippen LogP) is 3.36. The van der Waals surface area contributed by atoms with Gasteiger partial charge in [0.1, 0.15) is 5.76 Å². The van der Waals surface area contributed by atoms with Crippen molar-refractivity contribution in [1.82, 2.24) is 0 Å². The molecule has 5 heteroatoms. The van der Waals surface area contributed by atoms with Crippen molar-refractivity contribution in [3.63, 3.8) is 0 Å². The van der Waals surface area contributed by atoms with E-state index in [1.54, 1.807) is 12.1 Å². The van der Waals surface area contributed by atoms with Crippen LogP contribution in [0.25, 0.3) is 0 Å². The molecular weight excluding hydrogens is 245 g/mol. The van der Waals surface area contributed by atoms with E-state index in [9.17, 15) is 18.3 Å². The number of benzene rings is 1. The lowest BCUT2D eigenvalue weighted by molar-refractivity contribution is 0.159. The second kappa shape index (κ2) is 5.27. The molecule has 0 radical (unpaired) electrons. The molecule has 0 saturated heterocycles. The van der Waals surface area contributed by atoms with Gasteiger partial charge in [-0.25, -0.2) is 13.2 Å². The second-order valence-electron chi connectivity index (χ2n) is 3.90. The van der Waals surface area contributed by atoms with E-state index >= 15 is 0 Å². The van der Waals surface area contributed by atoms with Crippen molar-refractivity contribution in [3.8, 4) is 0 Å². The molecule has 18 heavy (non-hydrogen) atoms. The van der Waals surface area contributed by atoms with Crippen LogP contribution in [-0.2, 0) is 6.42 Å². The molecule has 0 bridgehead atoms. The van der Waals surface area contributed by atoms with E-state index < -0.39 is 23.6 Å². The fourth-order valence-electron chi connectivity index (χ4n) is 1.69. The number of aliphatic hydroxyl groups is 1. The van der Waals surface area contributed by atoms with E-state index in [1.807, 2.05) is 0 Å². The van der Waals surface area contributed by atoms with Gasteiger partial charge in [-0.2, -0.15) is 0 Å². The molecule has 0 aliphatic heterocycles. The molecule has 1 aromatic carbocycles. The van der Waals surface area contributed by atoms with Crippen molar-refractivity contribution in [1.29, 1.82) is 0 Å². The Hall–Kier alpha value is -1.75. The van der Waals surface area contributed by atoms with Crippen molar-refractivity contribution in [2.24, 2.45) is 0 Å². The minimum absolute atomic E-state index is 0.162. The van der Waals surface area contributed by atoms with Crippen LogP contribution in [0.15, 0.2) is 34.9 Å². The number of aryl methyl sites for hydroxylation is 1. The van der Waals surface area contributed by atoms with Crippen LogP contribution >= 0.6 is 0 Å². The Kier molecular flexibility index (Phi) is 3.72. The van der Waals surface area contributed by atoms with E-state index in [-0.39, 0.29) is 12.0 Å². The summed E-state index contributed by atoms with van der Waals surface area (Å²) in [5.74, 6) is -3.54. The van der Waals surface area contributed by atoms with Gasteiger partial charge in [-0.1, -0.05) is 6.07 Å². The van der Waals surface area contributed by atoms with Crippen LogP contribution < -0.4 is 0 Å². The topological polar surface area (TPSA) is 33.4 Å². The Morgan fingerprint density at radius 1 is 1.11 bits per heavy atom. The maximum Gasteiger partial charge on any atom is 0.194 e. The van der Waals surface area contributed by atoms with Crippen LogP contribution in [0.4, 0.5) is 13.2 Å². The maximum absolute atomic E-state index is 13.4. The van der Waals surface area contributed by atoms with Gasteiger partial charge in [0.15, 0.2) is 17.5 Å². The number of aliphatic hydroxyl groups excluding tert-OH is 1. The highest BCUT2D eigenvalue weighted by atomic mass is 19.2. The van der Waals surface area contributed by atoms with Gasteiger partial charge < -0.3 is 9.52 Å². The van der Waals surface area contributed by atoms with Crippen LogP contribution in [0.2, 0.25) is 0 Å². The molecule has 0 saturated carbocycles. The van der Waals surface area contributed by atoms with Crippen LogP contribution in [0, 0.1) is 17.5 Å². The second-order valence-corrected chi connectivity index (χ2v) is 3.90. The van der Waals surface area contributed by atoms with Crippen molar-refractivity contribution in [2.75, 3.05) is 0 Å². The van der Waals surface area contributed by atoms with Crippen LogP contribution in [0.5, 0.6) is 0 Å². The summed E-state index contributed by atoms with van der Waals surface area (Å²) >= 11 is 0. The zero-order valence-corrected chi connectivity index (χ0v) is 9.37. The lowest BCUT2D eigenvalue weighted by Crippen LogP contribution is -2.05. The number of halogens is 3. The summed E-state index contributed by atoms with van der Waals surface area (Å²) in [6.45, 7) is 0. The van der Waals surface area contributed by atoms with Gasteiger partial charge in [-0.05, 0) is 24.6 Å². The quantitative estimate of drug-likeness (QED) is 0.851. The first-order chi connectivity index (χ1) is 8.59. The van der Waals surface area contributed by atoms with Crippen molar-refractivity contribution in [3.05, 3.63) is 59.3 Å². The van der Waals surface area contributed by atoms with Crippen LogP contribution in [0.3, 0.4) is 0 Å². The average Bonchev–Trinajstić information content (AvgIpc) is 2.86. The molecule has 0 fully saturated rings. The molecule has 1 heterocycles. The first kappa shape index (κ1) is 12.7. The molecule has 1 atom stereocenters. The third-order valence-electron chi connectivity index (χ3n) is 2.67. The molecule has 1 aromatic heterocycles. The fourth-order valence-corrected chi connectivity index (χ4v) is 1.69. The third-order valence-corrected chi connectivity index (χ3v) is 2.67. The average molecular weight is 256 g/mol. The molecule has 2 aromatic rings. The standard InChI is InChI=1S/C13H11F3O2/c14-10-5-4-9(12(15)13(10)16)11(17)6-3-8-2-1-7-18-8/h1-2,4-5,7,11,17H,3,6H2. The molecule has 1 N–H and O–H groups in total. The third kappa shape index (κ3) is 2.56. The zero-order valence-electron chi connectivity index (χ0n) is 9.37. The Morgan fingerprint density at radius 2 is 1.89 bits per heavy atom. The molecule has 0 spiro atoms. The van der Waals surface area contributed by atoms with Gasteiger partial charge in [0, 0.05) is 12.0 Å². The molecule has 1 unspecified atom stereocenters. The van der Waals surface area contributed by atoms with Gasteiger partial charge >= 0.3 is 0 Å². The van der Waals surface area contributed by atoms with Gasteiger partial charge in [0.25, 0.3) is 0 Å². The van der Waals surface area contributed by atoms with E-state index in [4.69, 9.17) is 4.42 Å². The summed E-state index contributed by atoms with van der Waals surface area (Å²) in [6.07, 6.45) is 0.826. The molecule has 0 aliphatic rings. The molecule has 2 nitrogen and oxygen atoms in total. The van der Waals surface area contributed by atoms with E-state index in [0.717, 1.165) is 12.1 Å². The molecule has 2 rings (SSSR count). The van der Waals surface area contributed by atoms with Gasteiger partial charge in [-0.3, -0.25) is 0 Å². The fraction of sp³-hybridized carbons (Fsp3) is 0.231. The van der Waals surface area contributed by atoms with Crippen molar-refractivity contribution >= 4 is 0 Å². The van der Waals surface area contributed by atoms with Gasteiger partial charge in [-0.15, -0.1) is 0 Å². The first-order valence-corrected chi connectivity index (χ1v) is 5.43. The summed E-state index contributed by atoms with van der Waals surface area (Å²) in [4.78, 5) is 0. The lowest BCUT2D eigenvalue weighted by Gasteiger charge is -2.11. The summed E-state index contributed by atoms with van der Waals surface area (Å²) in [5.41, 5.74) is -0.250. The Balaban J connectivity index is 2.09. The molecule has 0 amide bonds. The monoisotopic (exact) mass is 256 g/mol. The largest absolute Gasteiger partial charge is 0.469 e. The zero-order chi connectivity index (χ0) is 13.1. The minimum Gasteiger partial charge on any atom is -0.469 e. The van der Waals surface area contributed by atoms with Crippen molar-refractivity contribution < 1.29 is 22.7 Å². The van der Waals surface area contributed by atoms with Crippen LogP contribution in [0.1, 0.15) is 23.8 Å². The summed E-state index contributed by atoms with van der Waals surface area (Å²) in [5, 5.41) is 9.74. The van der Waals surface area contributed by atoms with E-state index in [2.05, 4.69) is 0 Å². The predicted molar refractivity (Wildman–Crippen MR) is 58.3 cm³/mol. The Morgan fingerprint density at radius 3 is 2.56 bits per heavy atom. The van der Waals surface area contributed by atoms with E-state index in [0.29, 0.717) is 12.2 Å². The number of hydrogen-bond donors (Lipinski definition) is 1. The normalized spacial score (nSPS) is 12.7. The Bertz CT molecular complexity index is 523. The smallest absolute Gasteiger partial charge is 0.194 e. The highest BCUT2D eigenvalue weighted by molar-refractivity contribution is 5.22. The molecular formula is C13H11F3O2. The van der Waals surface area contributed by atoms with E-state index in [1.165, 1.54) is 6.26 Å². The Labute approximate surface area is 102 Å². The molecule has 96 valence electrons. The SMILES string of the molecule is OC(CCc1ccco1)c1ccc(F)c(F)c1F. The first-order valence-electron chi connectivity index (χ1n) is 5.43. The number of hydrogen-bond acceptors (Lipinski definition) is 2. The highest BCUT2D eigenvalue weighted by Gasteiger charge is 2.19. The minimum atomic E-state index is -1.57. The number of furan rings is 1. The van der Waals surface area contributed by atoms with Crippen LogP contribution in [-0.4, -0.2) is 5.11 Å². The maximum atomic E-state index is 13.4. The summed E-state index contributed by atoms with van der Waals surface area (Å²) in [6, 6.07) is 5.25. The summed E-state index contributed by atoms with van der Waals surface area (Å²) < 4.78 is 44.1. The van der Waals surface area contributed by atoms with Gasteiger partial charge in [0.05, 0.1) is 12.4 Å². The highest BCUT2D eigenvalue weighted by Crippen LogP contribution is 2.24. The lowest BCUT2D eigenvalue weighted by atomic mass is 10.0. The molecule has 0 aliphatic carbocycles. The van der Waals surface area contributed by atoms with Crippen molar-refractivity contribution in [2.45, 2.75) is 18.9 Å². The van der Waals surface area contributed by atoms with Gasteiger partial charge in [0.2, 0.25) is 0 Å². The number of rotatable bonds is 4. The summed E-state index contributed by atoms with van der Waals surface area (Å²) in [7, 11) is 0.